The van der Waals surface area contributed by atoms with E-state index in [1.165, 1.54) is 0 Å². The molecule has 200 valence electrons. The number of amides is 3. The van der Waals surface area contributed by atoms with Crippen LogP contribution in [0.3, 0.4) is 0 Å². The second-order valence-corrected chi connectivity index (χ2v) is 9.83. The van der Waals surface area contributed by atoms with Gasteiger partial charge in [-0.05, 0) is 67.3 Å². The molecule has 0 radical (unpaired) electrons. The molecule has 1 aliphatic heterocycles. The number of benzene rings is 3. The molecule has 8 nitrogen and oxygen atoms in total. The minimum absolute atomic E-state index is 0.117. The van der Waals surface area contributed by atoms with E-state index in [1.807, 2.05) is 70.1 Å². The number of carbonyl (C=O) groups excluding carboxylic acids is 3. The number of imidazole rings is 1. The van der Waals surface area contributed by atoms with Crippen molar-refractivity contribution in [1.82, 2.24) is 14.5 Å². The Labute approximate surface area is 228 Å². The summed E-state index contributed by atoms with van der Waals surface area (Å²) in [6, 6.07) is 22.4. The third kappa shape index (κ3) is 5.70. The summed E-state index contributed by atoms with van der Waals surface area (Å²) in [6.45, 7) is 4.12. The Morgan fingerprint density at radius 3 is 2.44 bits per heavy atom. The molecule has 1 saturated heterocycles. The van der Waals surface area contributed by atoms with Crippen LogP contribution in [0.25, 0.3) is 11.0 Å². The first-order valence-electron chi connectivity index (χ1n) is 13.5. The SMILES string of the molecule is CCc1ccc(C(=O)Nc2nc3cc(N(C)C(=O)c4ccccc4)ccc3n2CCCN2CCCC2=O)cc1. The van der Waals surface area contributed by atoms with Crippen molar-refractivity contribution in [3.8, 4) is 0 Å². The first kappa shape index (κ1) is 26.2. The van der Waals surface area contributed by atoms with E-state index < -0.39 is 0 Å². The summed E-state index contributed by atoms with van der Waals surface area (Å²) in [6.07, 6.45) is 3.16. The van der Waals surface area contributed by atoms with Gasteiger partial charge in [0.05, 0.1) is 11.0 Å². The second-order valence-electron chi connectivity index (χ2n) is 9.83. The van der Waals surface area contributed by atoms with E-state index in [1.54, 1.807) is 24.1 Å². The number of hydrogen-bond donors (Lipinski definition) is 1. The average Bonchev–Trinajstić information content (AvgIpc) is 3.54. The van der Waals surface area contributed by atoms with Crippen LogP contribution >= 0.6 is 0 Å². The Morgan fingerprint density at radius 1 is 0.974 bits per heavy atom. The van der Waals surface area contributed by atoms with Crippen molar-refractivity contribution in [2.45, 2.75) is 39.2 Å². The number of aromatic nitrogens is 2. The van der Waals surface area contributed by atoms with Gasteiger partial charge in [0.25, 0.3) is 11.8 Å². The zero-order valence-electron chi connectivity index (χ0n) is 22.4. The lowest BCUT2D eigenvalue weighted by Gasteiger charge is -2.18. The predicted octanol–water partition coefficient (Wildman–Crippen LogP) is 5.14. The van der Waals surface area contributed by atoms with Crippen LogP contribution in [0.1, 0.15) is 52.5 Å². The van der Waals surface area contributed by atoms with Crippen molar-refractivity contribution < 1.29 is 14.4 Å². The fourth-order valence-corrected chi connectivity index (χ4v) is 4.97. The quantitative estimate of drug-likeness (QED) is 0.329. The monoisotopic (exact) mass is 523 g/mol. The lowest BCUT2D eigenvalue weighted by atomic mass is 10.1. The molecule has 1 fully saturated rings. The predicted molar refractivity (Wildman–Crippen MR) is 153 cm³/mol. The summed E-state index contributed by atoms with van der Waals surface area (Å²) in [5.74, 6) is 0.288. The molecule has 5 rings (SSSR count). The third-order valence-electron chi connectivity index (χ3n) is 7.28. The number of likely N-dealkylation sites (tertiary alicyclic amines) is 1. The molecular formula is C31H33N5O3. The number of aryl methyl sites for hydroxylation is 2. The minimum Gasteiger partial charge on any atom is -0.343 e. The zero-order valence-corrected chi connectivity index (χ0v) is 22.4. The number of anilines is 2. The van der Waals surface area contributed by atoms with Crippen LogP contribution in [0.15, 0.2) is 72.8 Å². The first-order valence-corrected chi connectivity index (χ1v) is 13.5. The maximum absolute atomic E-state index is 13.1. The second kappa shape index (κ2) is 11.5. The highest BCUT2D eigenvalue weighted by Crippen LogP contribution is 2.27. The molecule has 3 aromatic carbocycles. The van der Waals surface area contributed by atoms with Crippen molar-refractivity contribution in [2.75, 3.05) is 30.4 Å². The molecule has 0 unspecified atom stereocenters. The number of carbonyl (C=O) groups is 3. The summed E-state index contributed by atoms with van der Waals surface area (Å²) in [4.78, 5) is 46.5. The van der Waals surface area contributed by atoms with Crippen LogP contribution in [0.5, 0.6) is 0 Å². The van der Waals surface area contributed by atoms with Crippen molar-refractivity contribution in [3.63, 3.8) is 0 Å². The van der Waals surface area contributed by atoms with Gasteiger partial charge in [0, 0.05) is 49.9 Å². The summed E-state index contributed by atoms with van der Waals surface area (Å²) >= 11 is 0. The standard InChI is InChI=1S/C31H33N5O3/c1-3-22-12-14-23(15-13-22)29(38)33-31-32-26-21-25(34(2)30(39)24-9-5-4-6-10-24)16-17-27(26)36(31)20-8-19-35-18-7-11-28(35)37/h4-6,9-10,12-17,21H,3,7-8,11,18-20H2,1-2H3,(H,32,33,38). The van der Waals surface area contributed by atoms with E-state index in [4.69, 9.17) is 4.98 Å². The van der Waals surface area contributed by atoms with Crippen LogP contribution in [0.4, 0.5) is 11.6 Å². The highest BCUT2D eigenvalue weighted by atomic mass is 16.2. The molecule has 3 amide bonds. The summed E-state index contributed by atoms with van der Waals surface area (Å²) in [5, 5.41) is 2.99. The fraction of sp³-hybridized carbons (Fsp3) is 0.290. The Hall–Kier alpha value is -4.46. The molecule has 2 heterocycles. The average molecular weight is 524 g/mol. The Balaban J connectivity index is 1.42. The van der Waals surface area contributed by atoms with Crippen LogP contribution in [0, 0.1) is 0 Å². The summed E-state index contributed by atoms with van der Waals surface area (Å²) < 4.78 is 1.98. The van der Waals surface area contributed by atoms with Gasteiger partial charge in [-0.1, -0.05) is 37.3 Å². The van der Waals surface area contributed by atoms with Crippen molar-refractivity contribution in [3.05, 3.63) is 89.5 Å². The molecule has 1 N–H and O–H groups in total. The molecule has 1 aliphatic rings. The van der Waals surface area contributed by atoms with Crippen molar-refractivity contribution >= 4 is 40.4 Å². The number of fused-ring (bicyclic) bond motifs is 1. The molecule has 39 heavy (non-hydrogen) atoms. The van der Waals surface area contributed by atoms with Gasteiger partial charge in [0.1, 0.15) is 0 Å². The van der Waals surface area contributed by atoms with E-state index in [9.17, 15) is 14.4 Å². The van der Waals surface area contributed by atoms with Crippen molar-refractivity contribution in [1.29, 1.82) is 0 Å². The Kier molecular flexibility index (Phi) is 7.72. The molecule has 0 aliphatic carbocycles. The topological polar surface area (TPSA) is 87.5 Å². The maximum Gasteiger partial charge on any atom is 0.258 e. The van der Waals surface area contributed by atoms with Gasteiger partial charge in [0.2, 0.25) is 11.9 Å². The van der Waals surface area contributed by atoms with E-state index in [0.717, 1.165) is 36.9 Å². The number of nitrogens with one attached hydrogen (secondary N) is 1. The van der Waals surface area contributed by atoms with Gasteiger partial charge >= 0.3 is 0 Å². The number of hydrogen-bond acceptors (Lipinski definition) is 4. The molecule has 0 spiro atoms. The maximum atomic E-state index is 13.1. The third-order valence-corrected chi connectivity index (χ3v) is 7.28. The first-order chi connectivity index (χ1) is 18.9. The molecule has 0 atom stereocenters. The van der Waals surface area contributed by atoms with Gasteiger partial charge in [-0.25, -0.2) is 4.98 Å². The normalized spacial score (nSPS) is 13.2. The Bertz CT molecular complexity index is 1490. The van der Waals surface area contributed by atoms with Gasteiger partial charge in [0.15, 0.2) is 0 Å². The van der Waals surface area contributed by atoms with Gasteiger partial charge in [-0.3, -0.25) is 19.7 Å². The van der Waals surface area contributed by atoms with Crippen molar-refractivity contribution in [2.24, 2.45) is 0 Å². The molecular weight excluding hydrogens is 490 g/mol. The minimum atomic E-state index is -0.236. The van der Waals surface area contributed by atoms with Gasteiger partial charge in [-0.2, -0.15) is 0 Å². The fourth-order valence-electron chi connectivity index (χ4n) is 4.97. The van der Waals surface area contributed by atoms with Crippen LogP contribution in [-0.4, -0.2) is 52.3 Å². The highest BCUT2D eigenvalue weighted by Gasteiger charge is 2.21. The smallest absolute Gasteiger partial charge is 0.258 e. The molecule has 4 aromatic rings. The van der Waals surface area contributed by atoms with Crippen LogP contribution < -0.4 is 10.2 Å². The van der Waals surface area contributed by atoms with E-state index in [0.29, 0.717) is 47.8 Å². The van der Waals surface area contributed by atoms with E-state index in [2.05, 4.69) is 12.2 Å². The number of rotatable bonds is 9. The van der Waals surface area contributed by atoms with E-state index >= 15 is 0 Å². The van der Waals surface area contributed by atoms with Crippen LogP contribution in [0.2, 0.25) is 0 Å². The molecule has 0 saturated carbocycles. The van der Waals surface area contributed by atoms with E-state index in [-0.39, 0.29) is 17.7 Å². The molecule has 0 bridgehead atoms. The largest absolute Gasteiger partial charge is 0.343 e. The molecule has 8 heteroatoms. The Morgan fingerprint density at radius 2 is 1.74 bits per heavy atom. The van der Waals surface area contributed by atoms with Crippen LogP contribution in [-0.2, 0) is 17.8 Å². The van der Waals surface area contributed by atoms with Gasteiger partial charge < -0.3 is 14.4 Å². The van der Waals surface area contributed by atoms with Gasteiger partial charge in [-0.15, -0.1) is 0 Å². The lowest BCUT2D eigenvalue weighted by Crippen LogP contribution is -2.26. The lowest BCUT2D eigenvalue weighted by molar-refractivity contribution is -0.127. The number of nitrogens with zero attached hydrogens (tertiary/aromatic N) is 4. The summed E-state index contributed by atoms with van der Waals surface area (Å²) in [5.41, 5.74) is 4.55. The summed E-state index contributed by atoms with van der Waals surface area (Å²) in [7, 11) is 1.74. The molecule has 1 aromatic heterocycles. The zero-order chi connectivity index (χ0) is 27.4. The highest BCUT2D eigenvalue weighted by molar-refractivity contribution is 6.07.